The minimum Gasteiger partial charge on any atom is -0.339 e. The number of carbonyl (C=O) groups excluding carboxylic acids is 1. The zero-order chi connectivity index (χ0) is 19.2. The fourth-order valence-electron chi connectivity index (χ4n) is 1.87. The Morgan fingerprint density at radius 2 is 1.88 bits per heavy atom. The van der Waals surface area contributed by atoms with Crippen molar-refractivity contribution in [3.8, 4) is 0 Å². The molecule has 0 radical (unpaired) electrons. The first kappa shape index (κ1) is 21.0. The summed E-state index contributed by atoms with van der Waals surface area (Å²) < 4.78 is -1.80. The van der Waals surface area contributed by atoms with Crippen LogP contribution >= 0.6 is 58.4 Å². The van der Waals surface area contributed by atoms with Gasteiger partial charge in [-0.3, -0.25) is 4.79 Å². The molecule has 1 amide bonds. The van der Waals surface area contributed by atoms with Crippen molar-refractivity contribution in [3.05, 3.63) is 58.3 Å². The summed E-state index contributed by atoms with van der Waals surface area (Å²) in [4.78, 5) is 13.0. The summed E-state index contributed by atoms with van der Waals surface area (Å²) in [6.07, 6.45) is 2.03. The highest BCUT2D eigenvalue weighted by molar-refractivity contribution is 7.80. The lowest BCUT2D eigenvalue weighted by Gasteiger charge is -2.27. The summed E-state index contributed by atoms with van der Waals surface area (Å²) >= 11 is 24.6. The first-order valence-corrected chi connectivity index (χ1v) is 9.89. The third-order valence-corrected chi connectivity index (χ3v) is 4.85. The normalized spacial score (nSPS) is 12.6. The summed E-state index contributed by atoms with van der Waals surface area (Å²) in [6, 6.07) is 11.4. The molecule has 4 nitrogen and oxygen atoms in total. The molecular formula is C17H16Cl3N3OS2. The van der Waals surface area contributed by atoms with Gasteiger partial charge in [-0.05, 0) is 48.8 Å². The Labute approximate surface area is 176 Å². The van der Waals surface area contributed by atoms with E-state index in [4.69, 9.17) is 47.0 Å². The molecule has 1 aromatic heterocycles. The summed E-state index contributed by atoms with van der Waals surface area (Å²) in [5.41, 5.74) is 1.90. The maximum Gasteiger partial charge on any atom is 0.245 e. The van der Waals surface area contributed by atoms with E-state index in [0.29, 0.717) is 0 Å². The molecule has 2 aromatic rings. The minimum atomic E-state index is -1.80. The van der Waals surface area contributed by atoms with Crippen molar-refractivity contribution in [2.24, 2.45) is 0 Å². The molecule has 1 unspecified atom stereocenters. The van der Waals surface area contributed by atoms with Crippen molar-refractivity contribution in [2.75, 3.05) is 5.32 Å². The summed E-state index contributed by atoms with van der Waals surface area (Å²) in [7, 11) is 0. The standard InChI is InChI=1S/C17H16Cl3N3OS2/c1-11-4-6-12(7-5-11)21-16(25)23-15(17(18,19)20)22-14(24)9-8-13-3-2-10-26-13/h2-10,15H,1H3,(H,22,24)(H2,21,23,25). The van der Waals surface area contributed by atoms with E-state index in [0.717, 1.165) is 16.1 Å². The highest BCUT2D eigenvalue weighted by Crippen LogP contribution is 2.29. The number of halogens is 3. The Morgan fingerprint density at radius 3 is 2.46 bits per heavy atom. The van der Waals surface area contributed by atoms with Crippen LogP contribution in [0.25, 0.3) is 6.08 Å². The lowest BCUT2D eigenvalue weighted by atomic mass is 10.2. The fourth-order valence-corrected chi connectivity index (χ4v) is 3.05. The molecule has 1 aromatic carbocycles. The van der Waals surface area contributed by atoms with E-state index in [1.54, 1.807) is 6.08 Å². The zero-order valence-corrected chi connectivity index (χ0v) is 17.5. The van der Waals surface area contributed by atoms with E-state index in [-0.39, 0.29) is 5.11 Å². The zero-order valence-electron chi connectivity index (χ0n) is 13.6. The van der Waals surface area contributed by atoms with Gasteiger partial charge in [0.1, 0.15) is 6.17 Å². The molecule has 0 saturated heterocycles. The second-order valence-corrected chi connectivity index (χ2v) is 9.05. The van der Waals surface area contributed by atoms with Gasteiger partial charge in [0.15, 0.2) is 5.11 Å². The Hall–Kier alpha value is -1.31. The maximum atomic E-state index is 12.1. The average Bonchev–Trinajstić information content (AvgIpc) is 3.07. The van der Waals surface area contributed by atoms with Gasteiger partial charge in [-0.1, -0.05) is 58.6 Å². The SMILES string of the molecule is Cc1ccc(NC(=S)NC(NC(=O)C=Cc2cccs2)C(Cl)(Cl)Cl)cc1. The Morgan fingerprint density at radius 1 is 1.19 bits per heavy atom. The number of anilines is 1. The van der Waals surface area contributed by atoms with Crippen LogP contribution in [0.4, 0.5) is 5.69 Å². The summed E-state index contributed by atoms with van der Waals surface area (Å²) in [5, 5.41) is 10.5. The molecule has 3 N–H and O–H groups in total. The second-order valence-electron chi connectivity index (χ2n) is 5.30. The molecule has 26 heavy (non-hydrogen) atoms. The first-order valence-electron chi connectivity index (χ1n) is 7.47. The summed E-state index contributed by atoms with van der Waals surface area (Å²) in [6.45, 7) is 1.98. The van der Waals surface area contributed by atoms with Crippen LogP contribution < -0.4 is 16.0 Å². The molecule has 138 valence electrons. The van der Waals surface area contributed by atoms with Gasteiger partial charge in [-0.15, -0.1) is 11.3 Å². The molecule has 0 aliphatic rings. The third-order valence-electron chi connectivity index (χ3n) is 3.14. The van der Waals surface area contributed by atoms with Gasteiger partial charge >= 0.3 is 0 Å². The van der Waals surface area contributed by atoms with Gasteiger partial charge in [0, 0.05) is 16.6 Å². The second kappa shape index (κ2) is 9.58. The number of hydrogen-bond donors (Lipinski definition) is 3. The van der Waals surface area contributed by atoms with Gasteiger partial charge in [0.05, 0.1) is 0 Å². The Kier molecular flexibility index (Phi) is 7.73. The van der Waals surface area contributed by atoms with Crippen LogP contribution in [0.2, 0.25) is 0 Å². The van der Waals surface area contributed by atoms with Crippen molar-refractivity contribution in [1.82, 2.24) is 10.6 Å². The minimum absolute atomic E-state index is 0.215. The van der Waals surface area contributed by atoms with Crippen LogP contribution in [0, 0.1) is 6.92 Å². The van der Waals surface area contributed by atoms with Crippen molar-refractivity contribution in [1.29, 1.82) is 0 Å². The molecule has 1 atom stereocenters. The number of hydrogen-bond acceptors (Lipinski definition) is 3. The molecule has 0 fully saturated rings. The Balaban J connectivity index is 1.97. The van der Waals surface area contributed by atoms with Crippen LogP contribution in [0.5, 0.6) is 0 Å². The topological polar surface area (TPSA) is 53.2 Å². The quantitative estimate of drug-likeness (QED) is 0.264. The van der Waals surface area contributed by atoms with Gasteiger partial charge in [0.25, 0.3) is 0 Å². The monoisotopic (exact) mass is 447 g/mol. The molecule has 0 bridgehead atoms. The lowest BCUT2D eigenvalue weighted by molar-refractivity contribution is -0.117. The predicted octanol–water partition coefficient (Wildman–Crippen LogP) is 4.87. The fraction of sp³-hybridized carbons (Fsp3) is 0.176. The third kappa shape index (κ3) is 7.13. The van der Waals surface area contributed by atoms with Gasteiger partial charge in [-0.2, -0.15) is 0 Å². The van der Waals surface area contributed by atoms with Crippen LogP contribution in [0.3, 0.4) is 0 Å². The largest absolute Gasteiger partial charge is 0.339 e. The van der Waals surface area contributed by atoms with Gasteiger partial charge in [-0.25, -0.2) is 0 Å². The van der Waals surface area contributed by atoms with Gasteiger partial charge in [0.2, 0.25) is 9.70 Å². The number of nitrogens with one attached hydrogen (secondary N) is 3. The number of carbonyl (C=O) groups is 1. The number of alkyl halides is 3. The van der Waals surface area contributed by atoms with Crippen molar-refractivity contribution in [2.45, 2.75) is 16.9 Å². The number of thiophene rings is 1. The average molecular weight is 449 g/mol. The van der Waals surface area contributed by atoms with E-state index in [9.17, 15) is 4.79 Å². The van der Waals surface area contributed by atoms with E-state index in [1.807, 2.05) is 48.7 Å². The first-order chi connectivity index (χ1) is 12.2. The number of rotatable bonds is 5. The molecule has 0 aliphatic heterocycles. The molecule has 2 rings (SSSR count). The number of aryl methyl sites for hydroxylation is 1. The molecule has 0 aliphatic carbocycles. The molecule has 1 heterocycles. The van der Waals surface area contributed by atoms with Crippen molar-refractivity contribution in [3.63, 3.8) is 0 Å². The van der Waals surface area contributed by atoms with Crippen molar-refractivity contribution >= 4 is 81.1 Å². The van der Waals surface area contributed by atoms with Crippen LogP contribution in [0.15, 0.2) is 47.9 Å². The van der Waals surface area contributed by atoms with Crippen molar-refractivity contribution < 1.29 is 4.79 Å². The van der Waals surface area contributed by atoms with E-state index >= 15 is 0 Å². The molecular weight excluding hydrogens is 433 g/mol. The maximum absolute atomic E-state index is 12.1. The van der Waals surface area contributed by atoms with E-state index in [2.05, 4.69) is 16.0 Å². The highest BCUT2D eigenvalue weighted by atomic mass is 35.6. The van der Waals surface area contributed by atoms with Crippen LogP contribution in [-0.4, -0.2) is 21.0 Å². The van der Waals surface area contributed by atoms with E-state index in [1.165, 1.54) is 17.4 Å². The smallest absolute Gasteiger partial charge is 0.245 e. The number of amides is 1. The summed E-state index contributed by atoms with van der Waals surface area (Å²) in [5.74, 6) is -0.416. The molecule has 9 heteroatoms. The van der Waals surface area contributed by atoms with Crippen LogP contribution in [-0.2, 0) is 4.79 Å². The number of benzene rings is 1. The highest BCUT2D eigenvalue weighted by Gasteiger charge is 2.34. The van der Waals surface area contributed by atoms with Gasteiger partial charge < -0.3 is 16.0 Å². The predicted molar refractivity (Wildman–Crippen MR) is 116 cm³/mol. The number of thiocarbonyl (C=S) groups is 1. The lowest BCUT2D eigenvalue weighted by Crippen LogP contribution is -2.55. The molecule has 0 spiro atoms. The molecule has 0 saturated carbocycles. The Bertz CT molecular complexity index is 772. The van der Waals surface area contributed by atoms with E-state index < -0.39 is 15.9 Å². The van der Waals surface area contributed by atoms with Crippen LogP contribution in [0.1, 0.15) is 10.4 Å².